The number of carbonyl (C=O) groups is 4. The summed E-state index contributed by atoms with van der Waals surface area (Å²) in [5.41, 5.74) is 6.37. The first-order chi connectivity index (χ1) is 14.6. The molecule has 1 heterocycles. The quantitative estimate of drug-likeness (QED) is 0.211. The van der Waals surface area contributed by atoms with E-state index in [-0.39, 0.29) is 25.3 Å². The van der Waals surface area contributed by atoms with Gasteiger partial charge in [-0.2, -0.15) is 11.8 Å². The molecule has 0 aliphatic heterocycles. The van der Waals surface area contributed by atoms with Gasteiger partial charge in [0.1, 0.15) is 12.1 Å². The minimum absolute atomic E-state index is 0.0766. The fourth-order valence-electron chi connectivity index (χ4n) is 2.75. The van der Waals surface area contributed by atoms with Crippen molar-refractivity contribution in [2.75, 3.05) is 18.6 Å². The van der Waals surface area contributed by atoms with E-state index in [0.717, 1.165) is 0 Å². The fourth-order valence-corrected chi connectivity index (χ4v) is 3.22. The normalized spacial score (nSPS) is 13.8. The Bertz CT molecular complexity index is 727. The SMILES string of the molecule is CSCCC(NC(=O)C(Cc1cnc[nH]1)NC(=O)CNC(=O)C(N)CC(C)C)C(=O)O. The third-order valence-electron chi connectivity index (χ3n) is 4.34. The molecule has 31 heavy (non-hydrogen) atoms. The topological polar surface area (TPSA) is 179 Å². The fraction of sp³-hybridized carbons (Fsp3) is 0.632. The number of hydrogen-bond acceptors (Lipinski definition) is 7. The molecule has 3 amide bonds. The highest BCUT2D eigenvalue weighted by Gasteiger charge is 2.27. The highest BCUT2D eigenvalue weighted by Crippen LogP contribution is 2.05. The maximum absolute atomic E-state index is 12.7. The summed E-state index contributed by atoms with van der Waals surface area (Å²) in [6, 6.07) is -2.86. The predicted molar refractivity (Wildman–Crippen MR) is 117 cm³/mol. The van der Waals surface area contributed by atoms with Crippen LogP contribution < -0.4 is 21.7 Å². The van der Waals surface area contributed by atoms with E-state index in [2.05, 4.69) is 25.9 Å². The number of amides is 3. The van der Waals surface area contributed by atoms with Crippen LogP contribution in [0.2, 0.25) is 0 Å². The summed E-state index contributed by atoms with van der Waals surface area (Å²) in [7, 11) is 0. The van der Waals surface area contributed by atoms with Gasteiger partial charge in [0.25, 0.3) is 0 Å². The second kappa shape index (κ2) is 13.7. The van der Waals surface area contributed by atoms with Crippen LogP contribution in [0.25, 0.3) is 0 Å². The third kappa shape index (κ3) is 10.3. The van der Waals surface area contributed by atoms with E-state index in [1.54, 1.807) is 0 Å². The number of carbonyl (C=O) groups excluding carboxylic acids is 3. The van der Waals surface area contributed by atoms with Gasteiger partial charge in [-0.25, -0.2) is 9.78 Å². The standard InChI is InChI=1S/C19H32N6O5S/c1-11(2)6-13(20)17(27)22-9-16(26)24-15(7-12-8-21-10-23-12)18(28)25-14(19(29)30)4-5-31-3/h8,10-11,13-15H,4-7,9,20H2,1-3H3,(H,21,23)(H,22,27)(H,24,26)(H,25,28)(H,29,30). The monoisotopic (exact) mass is 456 g/mol. The van der Waals surface area contributed by atoms with E-state index < -0.39 is 41.8 Å². The molecular weight excluding hydrogens is 424 g/mol. The van der Waals surface area contributed by atoms with Crippen molar-refractivity contribution < 1.29 is 24.3 Å². The van der Waals surface area contributed by atoms with Gasteiger partial charge in [-0.05, 0) is 30.8 Å². The summed E-state index contributed by atoms with van der Waals surface area (Å²) >= 11 is 1.46. The van der Waals surface area contributed by atoms with Crippen molar-refractivity contribution in [1.29, 1.82) is 0 Å². The van der Waals surface area contributed by atoms with Crippen molar-refractivity contribution in [2.45, 2.75) is 51.2 Å². The van der Waals surface area contributed by atoms with Gasteiger partial charge in [-0.3, -0.25) is 14.4 Å². The van der Waals surface area contributed by atoms with Crippen LogP contribution in [-0.4, -0.2) is 75.4 Å². The van der Waals surface area contributed by atoms with E-state index >= 15 is 0 Å². The molecule has 0 bridgehead atoms. The van der Waals surface area contributed by atoms with Gasteiger partial charge >= 0.3 is 5.97 Å². The first-order valence-corrected chi connectivity index (χ1v) is 11.3. The molecule has 1 aromatic rings. The number of hydrogen-bond donors (Lipinski definition) is 6. The van der Waals surface area contributed by atoms with Crippen molar-refractivity contribution in [3.8, 4) is 0 Å². The minimum atomic E-state index is -1.15. The number of carboxylic acids is 1. The molecule has 0 fully saturated rings. The third-order valence-corrected chi connectivity index (χ3v) is 4.99. The smallest absolute Gasteiger partial charge is 0.326 e. The van der Waals surface area contributed by atoms with Crippen molar-refractivity contribution >= 4 is 35.5 Å². The van der Waals surface area contributed by atoms with Gasteiger partial charge in [-0.1, -0.05) is 13.8 Å². The number of nitrogens with zero attached hydrogens (tertiary/aromatic N) is 1. The van der Waals surface area contributed by atoms with Crippen molar-refractivity contribution in [3.05, 3.63) is 18.2 Å². The van der Waals surface area contributed by atoms with Crippen molar-refractivity contribution in [3.63, 3.8) is 0 Å². The summed E-state index contributed by atoms with van der Waals surface area (Å²) in [5, 5.41) is 16.8. The van der Waals surface area contributed by atoms with E-state index in [0.29, 0.717) is 17.9 Å². The van der Waals surface area contributed by atoms with Gasteiger partial charge in [0.15, 0.2) is 0 Å². The average molecular weight is 457 g/mol. The van der Waals surface area contributed by atoms with Gasteiger partial charge in [0, 0.05) is 18.3 Å². The molecule has 174 valence electrons. The first-order valence-electron chi connectivity index (χ1n) is 9.96. The van der Waals surface area contributed by atoms with Crippen LogP contribution in [0.4, 0.5) is 0 Å². The number of thioether (sulfide) groups is 1. The number of H-pyrrole nitrogens is 1. The van der Waals surface area contributed by atoms with Crippen LogP contribution in [0.5, 0.6) is 0 Å². The highest BCUT2D eigenvalue weighted by atomic mass is 32.2. The zero-order valence-electron chi connectivity index (χ0n) is 18.0. The Morgan fingerprint density at radius 3 is 2.45 bits per heavy atom. The van der Waals surface area contributed by atoms with Gasteiger partial charge in [0.2, 0.25) is 17.7 Å². The number of aromatic amines is 1. The van der Waals surface area contributed by atoms with Gasteiger partial charge in [0.05, 0.1) is 18.9 Å². The van der Waals surface area contributed by atoms with E-state index in [1.165, 1.54) is 24.3 Å². The molecule has 0 spiro atoms. The molecule has 3 atom stereocenters. The molecule has 1 rings (SSSR count). The van der Waals surface area contributed by atoms with Crippen LogP contribution in [0.3, 0.4) is 0 Å². The van der Waals surface area contributed by atoms with E-state index in [4.69, 9.17) is 5.73 Å². The maximum Gasteiger partial charge on any atom is 0.326 e. The van der Waals surface area contributed by atoms with Crippen LogP contribution in [0, 0.1) is 5.92 Å². The Morgan fingerprint density at radius 2 is 1.90 bits per heavy atom. The summed E-state index contributed by atoms with van der Waals surface area (Å²) in [6.45, 7) is 3.51. The Kier molecular flexibility index (Phi) is 11.6. The molecule has 0 saturated heterocycles. The number of nitrogens with one attached hydrogen (secondary N) is 4. The Morgan fingerprint density at radius 1 is 1.19 bits per heavy atom. The second-order valence-electron chi connectivity index (χ2n) is 7.54. The summed E-state index contributed by atoms with van der Waals surface area (Å²) < 4.78 is 0. The summed E-state index contributed by atoms with van der Waals surface area (Å²) in [6.07, 6.45) is 5.57. The zero-order valence-corrected chi connectivity index (χ0v) is 18.8. The van der Waals surface area contributed by atoms with Crippen LogP contribution in [0.1, 0.15) is 32.4 Å². The molecule has 7 N–H and O–H groups in total. The molecule has 0 aliphatic rings. The Balaban J connectivity index is 2.74. The number of rotatable bonds is 14. The predicted octanol–water partition coefficient (Wildman–Crippen LogP) is -0.751. The lowest BCUT2D eigenvalue weighted by atomic mass is 10.0. The summed E-state index contributed by atoms with van der Waals surface area (Å²) in [4.78, 5) is 55.2. The van der Waals surface area contributed by atoms with Crippen molar-refractivity contribution in [1.82, 2.24) is 25.9 Å². The molecule has 0 radical (unpaired) electrons. The minimum Gasteiger partial charge on any atom is -0.480 e. The summed E-state index contributed by atoms with van der Waals surface area (Å²) in [5.74, 6) is -2.07. The second-order valence-corrected chi connectivity index (χ2v) is 8.52. The number of imidazole rings is 1. The van der Waals surface area contributed by atoms with Crippen molar-refractivity contribution in [2.24, 2.45) is 11.7 Å². The lowest BCUT2D eigenvalue weighted by molar-refractivity contribution is -0.142. The van der Waals surface area contributed by atoms with Gasteiger partial charge < -0.3 is 31.8 Å². The van der Waals surface area contributed by atoms with E-state index in [1.807, 2.05) is 20.1 Å². The van der Waals surface area contributed by atoms with Gasteiger partial charge in [-0.15, -0.1) is 0 Å². The average Bonchev–Trinajstić information content (AvgIpc) is 3.20. The molecule has 11 nitrogen and oxygen atoms in total. The largest absolute Gasteiger partial charge is 0.480 e. The zero-order chi connectivity index (χ0) is 23.4. The lowest BCUT2D eigenvalue weighted by Gasteiger charge is -2.21. The van der Waals surface area contributed by atoms with Crippen LogP contribution >= 0.6 is 11.8 Å². The molecule has 0 aromatic carbocycles. The van der Waals surface area contributed by atoms with Crippen LogP contribution in [0.15, 0.2) is 12.5 Å². The number of nitrogens with two attached hydrogens (primary N) is 1. The molecule has 12 heteroatoms. The Labute approximate surface area is 185 Å². The number of aliphatic carboxylic acids is 1. The number of aromatic nitrogens is 2. The molecule has 0 saturated carbocycles. The highest BCUT2D eigenvalue weighted by molar-refractivity contribution is 7.98. The maximum atomic E-state index is 12.7. The lowest BCUT2D eigenvalue weighted by Crippen LogP contribution is -2.54. The van der Waals surface area contributed by atoms with E-state index in [9.17, 15) is 24.3 Å². The van der Waals surface area contributed by atoms with Crippen LogP contribution in [-0.2, 0) is 25.6 Å². The molecule has 3 unspecified atom stereocenters. The Hall–Kier alpha value is -2.60. The molecule has 0 aliphatic carbocycles. The molecule has 1 aromatic heterocycles. The first kappa shape index (κ1) is 26.4. The number of carboxylic acid groups (broad SMARTS) is 1. The molecular formula is C19H32N6O5S.